The second kappa shape index (κ2) is 6.32. The summed E-state index contributed by atoms with van der Waals surface area (Å²) in [7, 11) is 0. The van der Waals surface area contributed by atoms with E-state index in [1.807, 2.05) is 6.07 Å². The van der Waals surface area contributed by atoms with E-state index >= 15 is 0 Å². The van der Waals surface area contributed by atoms with Crippen molar-refractivity contribution in [2.75, 3.05) is 19.7 Å². The number of halogens is 1. The molecule has 1 aromatic rings. The summed E-state index contributed by atoms with van der Waals surface area (Å²) in [5.41, 5.74) is 0.867. The predicted molar refractivity (Wildman–Crippen MR) is 73.2 cm³/mol. The normalized spacial score (nSPS) is 19.8. The summed E-state index contributed by atoms with van der Waals surface area (Å²) in [6, 6.07) is 4.95. The van der Waals surface area contributed by atoms with Gasteiger partial charge in [0.2, 0.25) is 0 Å². The van der Waals surface area contributed by atoms with E-state index in [1.165, 1.54) is 0 Å². The molecule has 1 aliphatic heterocycles. The van der Waals surface area contributed by atoms with Gasteiger partial charge in [-0.3, -0.25) is 15.0 Å². The number of nitro benzene ring substituents is 1. The molecule has 0 aromatic heterocycles. The van der Waals surface area contributed by atoms with Crippen LogP contribution in [-0.4, -0.2) is 34.6 Å². The van der Waals surface area contributed by atoms with Gasteiger partial charge in [0, 0.05) is 25.8 Å². The monoisotopic (exact) mass is 284 g/mol. The molecule has 0 aliphatic carbocycles. The Hall–Kier alpha value is -1.17. The molecule has 1 fully saturated rings. The lowest BCUT2D eigenvalue weighted by Gasteiger charge is -2.15. The molecule has 0 amide bonds. The Labute approximate surface area is 116 Å². The van der Waals surface area contributed by atoms with E-state index in [9.17, 15) is 10.1 Å². The maximum Gasteiger partial charge on any atom is 0.288 e. The van der Waals surface area contributed by atoms with E-state index in [-0.39, 0.29) is 17.3 Å². The van der Waals surface area contributed by atoms with Crippen molar-refractivity contribution in [1.82, 2.24) is 4.90 Å². The van der Waals surface area contributed by atoms with Gasteiger partial charge in [-0.2, -0.15) is 0 Å². The molecule has 1 atom stereocenters. The molecule has 104 valence electrons. The Balaban J connectivity index is 2.00. The van der Waals surface area contributed by atoms with Gasteiger partial charge in [0.25, 0.3) is 5.69 Å². The standard InChI is InChI=1S/C13H17ClN2O3/c14-12-2-1-11(7-13(12)16(18)19)9-15-5-3-10(8-15)4-6-17/h1-2,7,10,17H,3-6,8-9H2. The fourth-order valence-electron chi connectivity index (χ4n) is 2.53. The molecule has 1 saturated heterocycles. The third-order valence-electron chi connectivity index (χ3n) is 3.52. The fraction of sp³-hybridized carbons (Fsp3) is 0.538. The van der Waals surface area contributed by atoms with E-state index in [1.54, 1.807) is 12.1 Å². The minimum atomic E-state index is -0.454. The molecule has 1 heterocycles. The van der Waals surface area contributed by atoms with Crippen LogP contribution in [0.3, 0.4) is 0 Å². The number of benzene rings is 1. The van der Waals surface area contributed by atoms with Crippen LogP contribution in [0.1, 0.15) is 18.4 Å². The predicted octanol–water partition coefficient (Wildman–Crippen LogP) is 2.45. The number of nitro groups is 1. The summed E-state index contributed by atoms with van der Waals surface area (Å²) in [6.07, 6.45) is 1.91. The number of nitrogens with zero attached hydrogens (tertiary/aromatic N) is 2. The van der Waals surface area contributed by atoms with E-state index in [0.717, 1.165) is 31.5 Å². The lowest BCUT2D eigenvalue weighted by molar-refractivity contribution is -0.384. The minimum Gasteiger partial charge on any atom is -0.396 e. The molecule has 1 unspecified atom stereocenters. The Morgan fingerprint density at radius 3 is 3.00 bits per heavy atom. The van der Waals surface area contributed by atoms with E-state index in [4.69, 9.17) is 16.7 Å². The largest absolute Gasteiger partial charge is 0.396 e. The molecular weight excluding hydrogens is 268 g/mol. The maximum absolute atomic E-state index is 10.8. The Morgan fingerprint density at radius 1 is 1.53 bits per heavy atom. The van der Waals surface area contributed by atoms with Crippen molar-refractivity contribution in [1.29, 1.82) is 0 Å². The molecule has 1 aliphatic rings. The zero-order valence-electron chi connectivity index (χ0n) is 10.6. The van der Waals surface area contributed by atoms with Crippen molar-refractivity contribution in [3.63, 3.8) is 0 Å². The molecular formula is C13H17ClN2O3. The third kappa shape index (κ3) is 3.65. The van der Waals surface area contributed by atoms with Crippen LogP contribution in [0.2, 0.25) is 5.02 Å². The van der Waals surface area contributed by atoms with Crippen LogP contribution in [0, 0.1) is 16.0 Å². The van der Waals surface area contributed by atoms with Gasteiger partial charge in [0.1, 0.15) is 5.02 Å². The number of hydrogen-bond donors (Lipinski definition) is 1. The highest BCUT2D eigenvalue weighted by Gasteiger charge is 2.22. The van der Waals surface area contributed by atoms with Crippen LogP contribution >= 0.6 is 11.6 Å². The first-order valence-electron chi connectivity index (χ1n) is 6.36. The Kier molecular flexibility index (Phi) is 4.74. The van der Waals surface area contributed by atoms with Crippen molar-refractivity contribution in [2.24, 2.45) is 5.92 Å². The molecule has 0 radical (unpaired) electrons. The molecule has 19 heavy (non-hydrogen) atoms. The average molecular weight is 285 g/mol. The summed E-state index contributed by atoms with van der Waals surface area (Å²) in [4.78, 5) is 12.6. The van der Waals surface area contributed by atoms with Crippen LogP contribution in [0.15, 0.2) is 18.2 Å². The zero-order chi connectivity index (χ0) is 13.8. The first-order valence-corrected chi connectivity index (χ1v) is 6.74. The average Bonchev–Trinajstić information content (AvgIpc) is 2.79. The van der Waals surface area contributed by atoms with Crippen molar-refractivity contribution in [2.45, 2.75) is 19.4 Å². The highest BCUT2D eigenvalue weighted by atomic mass is 35.5. The van der Waals surface area contributed by atoms with E-state index in [0.29, 0.717) is 12.5 Å². The smallest absolute Gasteiger partial charge is 0.288 e. The van der Waals surface area contributed by atoms with Crippen molar-refractivity contribution in [3.05, 3.63) is 38.9 Å². The third-order valence-corrected chi connectivity index (χ3v) is 3.84. The molecule has 0 spiro atoms. The number of hydrogen-bond acceptors (Lipinski definition) is 4. The van der Waals surface area contributed by atoms with Gasteiger partial charge in [0.05, 0.1) is 4.92 Å². The topological polar surface area (TPSA) is 66.6 Å². The van der Waals surface area contributed by atoms with Crippen LogP contribution in [0.25, 0.3) is 0 Å². The van der Waals surface area contributed by atoms with Crippen LogP contribution < -0.4 is 0 Å². The second-order valence-corrected chi connectivity index (χ2v) is 5.35. The Morgan fingerprint density at radius 2 is 2.32 bits per heavy atom. The highest BCUT2D eigenvalue weighted by Crippen LogP contribution is 2.27. The number of likely N-dealkylation sites (tertiary alicyclic amines) is 1. The van der Waals surface area contributed by atoms with E-state index < -0.39 is 4.92 Å². The molecule has 6 heteroatoms. The molecule has 5 nitrogen and oxygen atoms in total. The second-order valence-electron chi connectivity index (χ2n) is 4.94. The summed E-state index contributed by atoms with van der Waals surface area (Å²) < 4.78 is 0. The van der Waals surface area contributed by atoms with Gasteiger partial charge in [-0.1, -0.05) is 17.7 Å². The minimum absolute atomic E-state index is 0.0368. The van der Waals surface area contributed by atoms with Crippen LogP contribution in [0.5, 0.6) is 0 Å². The Bertz CT molecular complexity index is 467. The molecule has 0 saturated carbocycles. The van der Waals surface area contributed by atoms with Gasteiger partial charge >= 0.3 is 0 Å². The quantitative estimate of drug-likeness (QED) is 0.666. The fourth-order valence-corrected chi connectivity index (χ4v) is 2.72. The van der Waals surface area contributed by atoms with Crippen molar-refractivity contribution >= 4 is 17.3 Å². The van der Waals surface area contributed by atoms with E-state index in [2.05, 4.69) is 4.90 Å². The lowest BCUT2D eigenvalue weighted by atomic mass is 10.1. The van der Waals surface area contributed by atoms with Gasteiger partial charge in [0.15, 0.2) is 0 Å². The number of aliphatic hydroxyl groups is 1. The number of rotatable bonds is 5. The molecule has 1 N–H and O–H groups in total. The highest BCUT2D eigenvalue weighted by molar-refractivity contribution is 6.32. The molecule has 2 rings (SSSR count). The zero-order valence-corrected chi connectivity index (χ0v) is 11.3. The summed E-state index contributed by atoms with van der Waals surface area (Å²) >= 11 is 5.79. The van der Waals surface area contributed by atoms with Crippen LogP contribution in [-0.2, 0) is 6.54 Å². The van der Waals surface area contributed by atoms with Crippen molar-refractivity contribution < 1.29 is 10.0 Å². The summed E-state index contributed by atoms with van der Waals surface area (Å²) in [6.45, 7) is 2.84. The van der Waals surface area contributed by atoms with Crippen molar-refractivity contribution in [3.8, 4) is 0 Å². The van der Waals surface area contributed by atoms with Crippen LogP contribution in [0.4, 0.5) is 5.69 Å². The summed E-state index contributed by atoms with van der Waals surface area (Å²) in [5, 5.41) is 19.9. The lowest BCUT2D eigenvalue weighted by Crippen LogP contribution is -2.20. The molecule has 0 bridgehead atoms. The SMILES string of the molecule is O=[N+]([O-])c1cc(CN2CCC(CCO)C2)ccc1Cl. The first kappa shape index (κ1) is 14.2. The molecule has 1 aromatic carbocycles. The van der Waals surface area contributed by atoms with Gasteiger partial charge < -0.3 is 5.11 Å². The van der Waals surface area contributed by atoms with Gasteiger partial charge in [-0.15, -0.1) is 0 Å². The number of aliphatic hydroxyl groups excluding tert-OH is 1. The van der Waals surface area contributed by atoms with Gasteiger partial charge in [-0.05, 0) is 36.9 Å². The maximum atomic E-state index is 10.8. The first-order chi connectivity index (χ1) is 9.10. The summed E-state index contributed by atoms with van der Waals surface area (Å²) in [5.74, 6) is 0.535. The van der Waals surface area contributed by atoms with Gasteiger partial charge in [-0.25, -0.2) is 0 Å².